The molecular formula is C12H21Br. The summed E-state index contributed by atoms with van der Waals surface area (Å²) in [5.41, 5.74) is 0. The Hall–Kier alpha value is -0.300. The number of hydrogen-bond donors (Lipinski definition) is 0. The van der Waals surface area contributed by atoms with Crippen molar-refractivity contribution in [3.63, 3.8) is 0 Å². The van der Waals surface area contributed by atoms with Crippen LogP contribution in [0.5, 0.6) is 0 Å². The van der Waals surface area contributed by atoms with E-state index in [0.717, 1.165) is 0 Å². The number of unbranched alkanes of at least 4 members (excludes halogenated alkanes) is 3. The SMILES string of the molecule is Br.CCCCCC.c1ccccc1. The summed E-state index contributed by atoms with van der Waals surface area (Å²) in [5, 5.41) is 0. The van der Waals surface area contributed by atoms with Crippen LogP contribution in [0.1, 0.15) is 39.5 Å². The molecule has 1 rings (SSSR count). The van der Waals surface area contributed by atoms with Gasteiger partial charge in [0.2, 0.25) is 0 Å². The summed E-state index contributed by atoms with van der Waals surface area (Å²) in [6.07, 6.45) is 5.54. The van der Waals surface area contributed by atoms with Gasteiger partial charge in [-0.15, -0.1) is 17.0 Å². The fourth-order valence-corrected chi connectivity index (χ4v) is 0.885. The molecule has 0 bridgehead atoms. The minimum absolute atomic E-state index is 0. The largest absolute Gasteiger partial charge is 0.114 e. The van der Waals surface area contributed by atoms with E-state index in [2.05, 4.69) is 13.8 Å². The van der Waals surface area contributed by atoms with Gasteiger partial charge in [0.05, 0.1) is 0 Å². The number of benzene rings is 1. The van der Waals surface area contributed by atoms with Gasteiger partial charge in [-0.2, -0.15) is 0 Å². The zero-order valence-corrected chi connectivity index (χ0v) is 10.4. The van der Waals surface area contributed by atoms with E-state index in [4.69, 9.17) is 0 Å². The number of rotatable bonds is 3. The van der Waals surface area contributed by atoms with E-state index in [1.807, 2.05) is 36.4 Å². The van der Waals surface area contributed by atoms with Gasteiger partial charge in [-0.3, -0.25) is 0 Å². The van der Waals surface area contributed by atoms with Gasteiger partial charge >= 0.3 is 0 Å². The van der Waals surface area contributed by atoms with Crippen LogP contribution in [0.3, 0.4) is 0 Å². The van der Waals surface area contributed by atoms with E-state index in [9.17, 15) is 0 Å². The Morgan fingerprint density at radius 2 is 0.846 bits per heavy atom. The topological polar surface area (TPSA) is 0 Å². The Morgan fingerprint density at radius 3 is 1.00 bits per heavy atom. The van der Waals surface area contributed by atoms with Crippen LogP contribution in [0, 0.1) is 0 Å². The molecule has 76 valence electrons. The molecule has 0 saturated carbocycles. The van der Waals surface area contributed by atoms with Gasteiger partial charge in [0.25, 0.3) is 0 Å². The molecule has 1 heteroatoms. The van der Waals surface area contributed by atoms with Crippen molar-refractivity contribution >= 4 is 17.0 Å². The van der Waals surface area contributed by atoms with E-state index in [0.29, 0.717) is 0 Å². The molecule has 0 aromatic heterocycles. The molecule has 13 heavy (non-hydrogen) atoms. The highest BCUT2D eigenvalue weighted by molar-refractivity contribution is 8.93. The molecule has 0 aliphatic rings. The maximum absolute atomic E-state index is 2.23. The number of hydrogen-bond acceptors (Lipinski definition) is 0. The molecule has 0 heterocycles. The summed E-state index contributed by atoms with van der Waals surface area (Å²) in [7, 11) is 0. The summed E-state index contributed by atoms with van der Waals surface area (Å²) in [4.78, 5) is 0. The molecule has 1 aromatic rings. The highest BCUT2D eigenvalue weighted by atomic mass is 79.9. The van der Waals surface area contributed by atoms with Gasteiger partial charge < -0.3 is 0 Å². The molecule has 0 unspecified atom stereocenters. The van der Waals surface area contributed by atoms with Crippen LogP contribution < -0.4 is 0 Å². The first-order valence-corrected chi connectivity index (χ1v) is 4.91. The van der Waals surface area contributed by atoms with Crippen molar-refractivity contribution in [3.8, 4) is 0 Å². The third-order valence-corrected chi connectivity index (χ3v) is 1.62. The van der Waals surface area contributed by atoms with Gasteiger partial charge in [-0.05, 0) is 0 Å². The van der Waals surface area contributed by atoms with Crippen molar-refractivity contribution < 1.29 is 0 Å². The van der Waals surface area contributed by atoms with Crippen molar-refractivity contribution in [1.82, 2.24) is 0 Å². The molecule has 0 nitrogen and oxygen atoms in total. The molecule has 0 radical (unpaired) electrons. The quantitative estimate of drug-likeness (QED) is 0.667. The molecular weight excluding hydrogens is 224 g/mol. The summed E-state index contributed by atoms with van der Waals surface area (Å²) in [6, 6.07) is 12.0. The average molecular weight is 245 g/mol. The maximum atomic E-state index is 2.23. The van der Waals surface area contributed by atoms with Crippen LogP contribution in [-0.2, 0) is 0 Å². The first kappa shape index (κ1) is 15.2. The number of halogens is 1. The van der Waals surface area contributed by atoms with Gasteiger partial charge in [-0.25, -0.2) is 0 Å². The van der Waals surface area contributed by atoms with E-state index in [1.54, 1.807) is 0 Å². The van der Waals surface area contributed by atoms with Crippen LogP contribution >= 0.6 is 17.0 Å². The third kappa shape index (κ3) is 14.5. The first-order valence-electron chi connectivity index (χ1n) is 4.91. The molecule has 0 atom stereocenters. The minimum Gasteiger partial charge on any atom is -0.114 e. The van der Waals surface area contributed by atoms with E-state index < -0.39 is 0 Å². The predicted molar refractivity (Wildman–Crippen MR) is 66.6 cm³/mol. The lowest BCUT2D eigenvalue weighted by atomic mass is 10.2. The Bertz CT molecular complexity index is 118. The lowest BCUT2D eigenvalue weighted by Crippen LogP contribution is -1.66. The monoisotopic (exact) mass is 244 g/mol. The Morgan fingerprint density at radius 1 is 0.615 bits per heavy atom. The summed E-state index contributed by atoms with van der Waals surface area (Å²) in [6.45, 7) is 4.46. The summed E-state index contributed by atoms with van der Waals surface area (Å²) < 4.78 is 0. The van der Waals surface area contributed by atoms with Crippen molar-refractivity contribution in [2.75, 3.05) is 0 Å². The van der Waals surface area contributed by atoms with Gasteiger partial charge in [0.1, 0.15) is 0 Å². The molecule has 0 aliphatic carbocycles. The first-order chi connectivity index (χ1) is 5.91. The van der Waals surface area contributed by atoms with Gasteiger partial charge in [0.15, 0.2) is 0 Å². The lowest BCUT2D eigenvalue weighted by Gasteiger charge is -1.86. The molecule has 0 fully saturated rings. The zero-order chi connectivity index (χ0) is 9.07. The fourth-order valence-electron chi connectivity index (χ4n) is 0.885. The standard InChI is InChI=1S/C6H6.C6H14.BrH/c1-2-4-6-5-3-1;1-3-5-6-4-2;/h1-6H;3-6H2,1-2H3;1H. The van der Waals surface area contributed by atoms with Crippen LogP contribution in [0.15, 0.2) is 36.4 Å². The minimum atomic E-state index is 0. The van der Waals surface area contributed by atoms with Crippen molar-refractivity contribution in [3.05, 3.63) is 36.4 Å². The van der Waals surface area contributed by atoms with Crippen LogP contribution in [0.4, 0.5) is 0 Å². The lowest BCUT2D eigenvalue weighted by molar-refractivity contribution is 0.702. The van der Waals surface area contributed by atoms with Crippen molar-refractivity contribution in [2.45, 2.75) is 39.5 Å². The Kier molecular flexibility index (Phi) is 16.6. The predicted octanol–water partition coefficient (Wildman–Crippen LogP) is 4.85. The molecule has 0 aliphatic heterocycles. The molecule has 0 N–H and O–H groups in total. The molecule has 0 spiro atoms. The van der Waals surface area contributed by atoms with E-state index in [1.165, 1.54) is 25.7 Å². The van der Waals surface area contributed by atoms with Gasteiger partial charge in [0, 0.05) is 0 Å². The van der Waals surface area contributed by atoms with Crippen LogP contribution in [0.2, 0.25) is 0 Å². The second-order valence-electron chi connectivity index (χ2n) is 2.86. The summed E-state index contributed by atoms with van der Waals surface area (Å²) >= 11 is 0. The van der Waals surface area contributed by atoms with Crippen molar-refractivity contribution in [1.29, 1.82) is 0 Å². The van der Waals surface area contributed by atoms with Crippen LogP contribution in [0.25, 0.3) is 0 Å². The molecule has 1 aromatic carbocycles. The maximum Gasteiger partial charge on any atom is -0.0536 e. The molecule has 0 amide bonds. The summed E-state index contributed by atoms with van der Waals surface area (Å²) in [5.74, 6) is 0. The van der Waals surface area contributed by atoms with Crippen molar-refractivity contribution in [2.24, 2.45) is 0 Å². The molecule has 0 saturated heterocycles. The normalized spacial score (nSPS) is 7.85. The Labute approximate surface area is 93.1 Å². The smallest absolute Gasteiger partial charge is 0.0536 e. The van der Waals surface area contributed by atoms with Crippen LogP contribution in [-0.4, -0.2) is 0 Å². The average Bonchev–Trinajstić information content (AvgIpc) is 2.18. The highest BCUT2D eigenvalue weighted by Crippen LogP contribution is 1.95. The van der Waals surface area contributed by atoms with Gasteiger partial charge in [-0.1, -0.05) is 75.9 Å². The fraction of sp³-hybridized carbons (Fsp3) is 0.500. The zero-order valence-electron chi connectivity index (χ0n) is 8.70. The van der Waals surface area contributed by atoms with E-state index >= 15 is 0 Å². The Balaban J connectivity index is 0. The second-order valence-corrected chi connectivity index (χ2v) is 2.86. The highest BCUT2D eigenvalue weighted by Gasteiger charge is 1.75. The van der Waals surface area contributed by atoms with E-state index in [-0.39, 0.29) is 17.0 Å². The third-order valence-electron chi connectivity index (χ3n) is 1.62. The second kappa shape index (κ2) is 14.2.